The van der Waals surface area contributed by atoms with Gasteiger partial charge in [0.15, 0.2) is 5.82 Å². The van der Waals surface area contributed by atoms with Gasteiger partial charge in [0.1, 0.15) is 5.02 Å². The van der Waals surface area contributed by atoms with E-state index in [-0.39, 0.29) is 0 Å². The van der Waals surface area contributed by atoms with E-state index in [1.807, 2.05) is 23.9 Å². The molecule has 162 valence electrons. The van der Waals surface area contributed by atoms with E-state index in [0.29, 0.717) is 16.8 Å². The summed E-state index contributed by atoms with van der Waals surface area (Å²) in [5, 5.41) is 7.05. The first-order valence-electron chi connectivity index (χ1n) is 9.18. The van der Waals surface area contributed by atoms with E-state index >= 15 is 0 Å². The Morgan fingerprint density at radius 1 is 1.03 bits per heavy atom. The highest BCUT2D eigenvalue weighted by Gasteiger charge is 2.24. The average Bonchev–Trinajstić information content (AvgIpc) is 2.74. The molecule has 0 saturated carbocycles. The van der Waals surface area contributed by atoms with Crippen molar-refractivity contribution in [2.75, 3.05) is 16.4 Å². The highest BCUT2D eigenvalue weighted by molar-refractivity contribution is 7.98. The summed E-state index contributed by atoms with van der Waals surface area (Å²) in [7, 11) is 0. The van der Waals surface area contributed by atoms with Crippen LogP contribution in [0.2, 0.25) is 5.02 Å². The molecule has 0 fully saturated rings. The largest absolute Gasteiger partial charge is 0.446 e. The van der Waals surface area contributed by atoms with E-state index in [1.165, 1.54) is 11.1 Å². The van der Waals surface area contributed by atoms with Crippen molar-refractivity contribution in [3.63, 3.8) is 0 Å². The van der Waals surface area contributed by atoms with E-state index in [0.717, 1.165) is 29.3 Å². The minimum atomic E-state index is -4.64. The van der Waals surface area contributed by atoms with Gasteiger partial charge in [0, 0.05) is 17.1 Å². The quantitative estimate of drug-likeness (QED) is 0.387. The minimum absolute atomic E-state index is 0.490. The van der Waals surface area contributed by atoms with E-state index in [2.05, 4.69) is 57.0 Å². The normalized spacial score (nSPS) is 13.3. The van der Waals surface area contributed by atoms with Gasteiger partial charge in [-0.05, 0) is 47.6 Å². The van der Waals surface area contributed by atoms with Crippen LogP contribution in [0.4, 0.5) is 36.3 Å². The lowest BCUT2D eigenvalue weighted by atomic mass is 10.1. The van der Waals surface area contributed by atoms with Crippen molar-refractivity contribution >= 4 is 52.8 Å². The third-order valence-electron chi connectivity index (χ3n) is 4.05. The Kier molecular flexibility index (Phi) is 7.75. The lowest BCUT2D eigenvalue weighted by molar-refractivity contribution is -0.156. The molecule has 31 heavy (non-hydrogen) atoms. The zero-order valence-electron chi connectivity index (χ0n) is 16.1. The second kappa shape index (κ2) is 10.5. The fourth-order valence-electron chi connectivity index (χ4n) is 2.70. The number of rotatable bonds is 0. The molecule has 0 spiro atoms. The van der Waals surface area contributed by atoms with Gasteiger partial charge >= 0.3 is 6.18 Å². The lowest BCUT2D eigenvalue weighted by Gasteiger charge is -2.11. The average molecular weight is 467 g/mol. The van der Waals surface area contributed by atoms with Gasteiger partial charge in [0.25, 0.3) is 0 Å². The van der Waals surface area contributed by atoms with Crippen LogP contribution < -0.4 is 10.6 Å². The van der Waals surface area contributed by atoms with Crippen molar-refractivity contribution in [2.45, 2.75) is 18.3 Å². The van der Waals surface area contributed by atoms with Gasteiger partial charge in [-0.2, -0.15) is 29.9 Å². The summed E-state index contributed by atoms with van der Waals surface area (Å²) < 4.78 is 31.2. The summed E-state index contributed by atoms with van der Waals surface area (Å²) in [6.07, 6.45) is -3.06. The first kappa shape index (κ1) is 22.9. The fourth-order valence-corrected chi connectivity index (χ4v) is 3.78. The van der Waals surface area contributed by atoms with Crippen LogP contribution in [0.3, 0.4) is 0 Å². The van der Waals surface area contributed by atoms with Crippen molar-refractivity contribution < 1.29 is 18.0 Å². The molecular weight excluding hydrogens is 449 g/mol. The molecule has 2 heterocycles. The maximum atomic E-state index is 10.4. The Morgan fingerprint density at radius 3 is 2.39 bits per heavy atom. The van der Waals surface area contributed by atoms with Crippen LogP contribution in [0.1, 0.15) is 11.1 Å². The third-order valence-corrected chi connectivity index (χ3v) is 5.36. The SMILES string of the molecule is Clc1cnc2nc1Nc1cccc(c1)CCSCc1cccc(c1)N2.O=CC(F)(F)F. The number of nitrogens with zero attached hydrogens (tertiary/aromatic N) is 2. The van der Waals surface area contributed by atoms with Crippen LogP contribution in [0, 0.1) is 0 Å². The molecule has 5 nitrogen and oxygen atoms in total. The molecule has 1 aliphatic rings. The molecule has 0 amide bonds. The number of carbonyl (C=O) groups is 1. The number of carbonyl (C=O) groups excluding carboxylic acids is 1. The topological polar surface area (TPSA) is 66.9 Å². The Labute approximate surface area is 186 Å². The van der Waals surface area contributed by atoms with Gasteiger partial charge in [0.2, 0.25) is 12.2 Å². The van der Waals surface area contributed by atoms with Crippen LogP contribution in [0.15, 0.2) is 54.7 Å². The maximum Gasteiger partial charge on any atom is 0.446 e. The molecule has 0 atom stereocenters. The van der Waals surface area contributed by atoms with Crippen molar-refractivity contribution in [3.05, 3.63) is 70.9 Å². The van der Waals surface area contributed by atoms with Crippen molar-refractivity contribution in [3.8, 4) is 0 Å². The molecular formula is C21H18ClF3N4OS. The summed E-state index contributed by atoms with van der Waals surface area (Å²) in [6, 6.07) is 16.7. The fraction of sp³-hybridized carbons (Fsp3) is 0.190. The summed E-state index contributed by atoms with van der Waals surface area (Å²) in [5.74, 6) is 3.18. The van der Waals surface area contributed by atoms with Gasteiger partial charge in [-0.1, -0.05) is 35.9 Å². The zero-order chi connectivity index (χ0) is 22.3. The molecule has 2 N–H and O–H groups in total. The van der Waals surface area contributed by atoms with Crippen LogP contribution in [-0.2, 0) is 17.0 Å². The summed E-state index contributed by atoms with van der Waals surface area (Å²) in [6.45, 7) is 0. The number of aryl methyl sites for hydroxylation is 1. The van der Waals surface area contributed by atoms with Crippen LogP contribution in [0.25, 0.3) is 0 Å². The van der Waals surface area contributed by atoms with E-state index in [9.17, 15) is 13.2 Å². The molecule has 6 bridgehead atoms. The predicted octanol–water partition coefficient (Wildman–Crippen LogP) is 6.15. The van der Waals surface area contributed by atoms with E-state index in [1.54, 1.807) is 6.20 Å². The first-order valence-corrected chi connectivity index (χ1v) is 10.7. The number of alkyl halides is 3. The van der Waals surface area contributed by atoms with Gasteiger partial charge in [0.05, 0.1) is 6.20 Å². The molecule has 2 aromatic carbocycles. The third kappa shape index (κ3) is 7.45. The van der Waals surface area contributed by atoms with E-state index in [4.69, 9.17) is 16.4 Å². The number of anilines is 4. The second-order valence-electron chi connectivity index (χ2n) is 6.50. The molecule has 1 aliphatic heterocycles. The number of nitrogens with one attached hydrogen (secondary N) is 2. The number of aromatic nitrogens is 2. The lowest BCUT2D eigenvalue weighted by Crippen LogP contribution is -2.07. The number of hydrogen-bond acceptors (Lipinski definition) is 6. The Hall–Kier alpha value is -2.78. The standard InChI is InChI=1S/C19H17ClN4S.C2HF3O/c20-17-11-21-19-23-16-6-2-4-14(10-16)12-25-8-7-13-3-1-5-15(9-13)22-18(17)24-19;3-2(4,5)1-6/h1-6,9-11H,7-8,12H2,(H2,21,22,23,24);1H. The zero-order valence-corrected chi connectivity index (χ0v) is 17.7. The van der Waals surface area contributed by atoms with Crippen molar-refractivity contribution in [2.24, 2.45) is 0 Å². The van der Waals surface area contributed by atoms with Gasteiger partial charge < -0.3 is 10.6 Å². The molecule has 0 radical (unpaired) electrons. The summed E-state index contributed by atoms with van der Waals surface area (Å²) in [5.41, 5.74) is 4.53. The molecule has 1 aromatic heterocycles. The van der Waals surface area contributed by atoms with E-state index < -0.39 is 12.5 Å². The molecule has 0 unspecified atom stereocenters. The molecule has 0 saturated heterocycles. The molecule has 4 rings (SSSR count). The Morgan fingerprint density at radius 2 is 1.68 bits per heavy atom. The number of thioether (sulfide) groups is 1. The summed E-state index contributed by atoms with van der Waals surface area (Å²) >= 11 is 8.21. The number of halogens is 4. The Balaban J connectivity index is 0.000000401. The smallest absolute Gasteiger partial charge is 0.339 e. The van der Waals surface area contributed by atoms with Crippen molar-refractivity contribution in [1.29, 1.82) is 0 Å². The predicted molar refractivity (Wildman–Crippen MR) is 118 cm³/mol. The van der Waals surface area contributed by atoms with Crippen LogP contribution in [0.5, 0.6) is 0 Å². The second-order valence-corrected chi connectivity index (χ2v) is 8.02. The maximum absolute atomic E-state index is 10.4. The van der Waals surface area contributed by atoms with Gasteiger partial charge in [-0.15, -0.1) is 0 Å². The Bertz CT molecular complexity index is 1050. The molecule has 10 heteroatoms. The monoisotopic (exact) mass is 466 g/mol. The van der Waals surface area contributed by atoms with Crippen LogP contribution >= 0.6 is 23.4 Å². The number of aldehydes is 1. The number of fused-ring (bicyclic) bond motifs is 6. The summed E-state index contributed by atoms with van der Waals surface area (Å²) in [4.78, 5) is 17.5. The number of hydrogen-bond donors (Lipinski definition) is 2. The highest BCUT2D eigenvalue weighted by atomic mass is 35.5. The van der Waals surface area contributed by atoms with Crippen LogP contribution in [-0.4, -0.2) is 28.2 Å². The van der Waals surface area contributed by atoms with Gasteiger partial charge in [-0.3, -0.25) is 4.79 Å². The highest BCUT2D eigenvalue weighted by Crippen LogP contribution is 2.27. The minimum Gasteiger partial charge on any atom is -0.339 e. The van der Waals surface area contributed by atoms with Crippen molar-refractivity contribution in [1.82, 2.24) is 9.97 Å². The molecule has 3 aromatic rings. The number of benzene rings is 2. The van der Waals surface area contributed by atoms with Gasteiger partial charge in [-0.25, -0.2) is 4.98 Å². The molecule has 0 aliphatic carbocycles. The first-order chi connectivity index (χ1) is 14.8.